The quantitative estimate of drug-likeness (QED) is 0.609. The van der Waals surface area contributed by atoms with E-state index in [4.69, 9.17) is 10.5 Å². The van der Waals surface area contributed by atoms with Gasteiger partial charge >= 0.3 is 0 Å². The number of fused-ring (bicyclic) bond motifs is 1. The number of carbonyl (C=O) groups is 2. The van der Waals surface area contributed by atoms with E-state index in [1.54, 1.807) is 47.8 Å². The molecule has 2 amide bonds. The fourth-order valence-corrected chi connectivity index (χ4v) is 6.28. The molecule has 0 radical (unpaired) electrons. The predicted octanol–water partition coefficient (Wildman–Crippen LogP) is 2.92. The molecule has 0 saturated carbocycles. The number of benzene rings is 2. The summed E-state index contributed by atoms with van der Waals surface area (Å²) in [5.74, 6) is -0.608. The second-order valence-corrected chi connectivity index (χ2v) is 9.61. The number of anilines is 1. The summed E-state index contributed by atoms with van der Waals surface area (Å²) in [7, 11) is -3.76. The van der Waals surface area contributed by atoms with Crippen molar-refractivity contribution in [3.05, 3.63) is 70.4 Å². The number of primary amides is 1. The van der Waals surface area contributed by atoms with Crippen LogP contribution in [0.25, 0.3) is 0 Å². The molecule has 0 spiro atoms. The lowest BCUT2D eigenvalue weighted by Gasteiger charge is -2.24. The van der Waals surface area contributed by atoms with Crippen LogP contribution < -0.4 is 15.8 Å². The third kappa shape index (κ3) is 3.81. The van der Waals surface area contributed by atoms with Crippen molar-refractivity contribution in [1.82, 2.24) is 0 Å². The van der Waals surface area contributed by atoms with Gasteiger partial charge in [0.25, 0.3) is 5.91 Å². The molecule has 0 fully saturated rings. The third-order valence-corrected chi connectivity index (χ3v) is 7.80. The van der Waals surface area contributed by atoms with E-state index in [1.807, 2.05) is 0 Å². The van der Waals surface area contributed by atoms with Gasteiger partial charge in [-0.25, -0.2) is 8.42 Å². The highest BCUT2D eigenvalue weighted by molar-refractivity contribution is 7.91. The molecular weight excluding hydrogens is 424 g/mol. The van der Waals surface area contributed by atoms with Gasteiger partial charge in [0.1, 0.15) is 10.6 Å². The predicted molar refractivity (Wildman–Crippen MR) is 112 cm³/mol. The second kappa shape index (κ2) is 7.92. The molecule has 0 unspecified atom stereocenters. The summed E-state index contributed by atoms with van der Waals surface area (Å²) in [6.45, 7) is -0.221. The highest BCUT2D eigenvalue weighted by atomic mass is 32.2. The first kappa shape index (κ1) is 20.1. The summed E-state index contributed by atoms with van der Waals surface area (Å²) < 4.78 is 31.4. The average molecular weight is 443 g/mol. The number of ether oxygens (including phenoxy) is 1. The van der Waals surface area contributed by atoms with Crippen LogP contribution in [0.5, 0.6) is 5.75 Å². The van der Waals surface area contributed by atoms with Crippen LogP contribution in [-0.4, -0.2) is 26.8 Å². The Bertz CT molecular complexity index is 1200. The van der Waals surface area contributed by atoms with Gasteiger partial charge in [-0.1, -0.05) is 30.3 Å². The molecule has 3 N–H and O–H groups in total. The topological polar surface area (TPSA) is 116 Å². The Morgan fingerprint density at radius 2 is 1.83 bits per heavy atom. The van der Waals surface area contributed by atoms with E-state index in [9.17, 15) is 18.0 Å². The van der Waals surface area contributed by atoms with E-state index < -0.39 is 15.7 Å². The van der Waals surface area contributed by atoms with E-state index in [-0.39, 0.29) is 34.6 Å². The maximum Gasteiger partial charge on any atom is 0.255 e. The van der Waals surface area contributed by atoms with E-state index in [1.165, 1.54) is 23.5 Å². The minimum absolute atomic E-state index is 0.105. The van der Waals surface area contributed by atoms with Crippen molar-refractivity contribution in [2.45, 2.75) is 22.1 Å². The first-order chi connectivity index (χ1) is 14.4. The lowest BCUT2D eigenvalue weighted by atomic mass is 9.90. The lowest BCUT2D eigenvalue weighted by Crippen LogP contribution is -2.23. The van der Waals surface area contributed by atoms with Crippen molar-refractivity contribution >= 4 is 38.7 Å². The number of nitrogens with two attached hydrogens (primary N) is 1. The summed E-state index contributed by atoms with van der Waals surface area (Å²) in [6.07, 6.45) is 0.208. The van der Waals surface area contributed by atoms with E-state index in [2.05, 4.69) is 5.32 Å². The van der Waals surface area contributed by atoms with Crippen molar-refractivity contribution in [2.75, 3.05) is 11.9 Å². The van der Waals surface area contributed by atoms with Gasteiger partial charge < -0.3 is 15.8 Å². The van der Waals surface area contributed by atoms with Crippen LogP contribution >= 0.6 is 11.3 Å². The summed E-state index contributed by atoms with van der Waals surface area (Å²) in [4.78, 5) is 24.3. The van der Waals surface area contributed by atoms with Gasteiger partial charge in [0.15, 0.2) is 6.61 Å². The molecule has 2 aromatic carbocycles. The number of thiophene rings is 1. The maximum absolute atomic E-state index is 13.1. The zero-order chi connectivity index (χ0) is 21.3. The van der Waals surface area contributed by atoms with Crippen LogP contribution in [0.3, 0.4) is 0 Å². The molecule has 0 bridgehead atoms. The molecule has 154 valence electrons. The van der Waals surface area contributed by atoms with Crippen molar-refractivity contribution in [3.8, 4) is 5.75 Å². The van der Waals surface area contributed by atoms with Crippen LogP contribution in [0.2, 0.25) is 0 Å². The van der Waals surface area contributed by atoms with Crippen molar-refractivity contribution in [3.63, 3.8) is 0 Å². The number of carbonyl (C=O) groups excluding carboxylic acids is 2. The van der Waals surface area contributed by atoms with Crippen molar-refractivity contribution in [2.24, 2.45) is 5.73 Å². The van der Waals surface area contributed by atoms with Crippen LogP contribution in [-0.2, 0) is 19.4 Å². The van der Waals surface area contributed by atoms with Crippen molar-refractivity contribution in [1.29, 1.82) is 0 Å². The van der Waals surface area contributed by atoms with Crippen LogP contribution in [0.4, 0.5) is 5.69 Å². The standard InChI is InChI=1S/C21H18N2O5S2/c22-18(24)11-28-14-8-6-13(7-9-14)16-10-19(25)23-20-17(12-29-21(16)20)30(26,27)15-4-2-1-3-5-15/h1-9,12,16H,10-11H2,(H2,22,24)(H,23,25)/t16-/m1/s1. The van der Waals surface area contributed by atoms with Gasteiger partial charge in [-0.15, -0.1) is 11.3 Å². The Kier molecular flexibility index (Phi) is 5.31. The second-order valence-electron chi connectivity index (χ2n) is 6.78. The Morgan fingerprint density at radius 3 is 2.50 bits per heavy atom. The van der Waals surface area contributed by atoms with Crippen LogP contribution in [0.15, 0.2) is 69.8 Å². The van der Waals surface area contributed by atoms with Gasteiger partial charge in [0, 0.05) is 22.6 Å². The first-order valence-corrected chi connectivity index (χ1v) is 11.4. The molecule has 9 heteroatoms. The molecule has 2 heterocycles. The molecule has 3 aromatic rings. The smallest absolute Gasteiger partial charge is 0.255 e. The highest BCUT2D eigenvalue weighted by Gasteiger charge is 2.34. The van der Waals surface area contributed by atoms with Gasteiger partial charge in [-0.05, 0) is 29.8 Å². The molecule has 30 heavy (non-hydrogen) atoms. The molecule has 1 aromatic heterocycles. The van der Waals surface area contributed by atoms with Gasteiger partial charge in [0.05, 0.1) is 10.6 Å². The normalized spacial score (nSPS) is 15.9. The number of amides is 2. The number of sulfone groups is 1. The summed E-state index contributed by atoms with van der Waals surface area (Å²) >= 11 is 1.31. The SMILES string of the molecule is NC(=O)COc1ccc([C@H]2CC(=O)Nc3c(S(=O)(=O)c4ccccc4)csc32)cc1. The molecule has 7 nitrogen and oxygen atoms in total. The molecule has 0 saturated heterocycles. The third-order valence-electron chi connectivity index (χ3n) is 4.76. The lowest BCUT2D eigenvalue weighted by molar-refractivity contribution is -0.120. The van der Waals surface area contributed by atoms with E-state index in [0.29, 0.717) is 11.4 Å². The minimum Gasteiger partial charge on any atom is -0.484 e. The maximum atomic E-state index is 13.1. The molecule has 1 aliphatic heterocycles. The number of nitrogens with one attached hydrogen (secondary N) is 1. The first-order valence-electron chi connectivity index (χ1n) is 9.08. The monoisotopic (exact) mass is 442 g/mol. The molecule has 4 rings (SSSR count). The van der Waals surface area contributed by atoms with Crippen LogP contribution in [0.1, 0.15) is 22.8 Å². The molecule has 0 aliphatic carbocycles. The van der Waals surface area contributed by atoms with E-state index >= 15 is 0 Å². The summed E-state index contributed by atoms with van der Waals surface area (Å²) in [6, 6.07) is 15.1. The van der Waals surface area contributed by atoms with E-state index in [0.717, 1.165) is 10.4 Å². The number of hydrogen-bond donors (Lipinski definition) is 2. The van der Waals surface area contributed by atoms with Gasteiger partial charge in [-0.2, -0.15) is 0 Å². The average Bonchev–Trinajstić information content (AvgIpc) is 3.17. The molecular formula is C21H18N2O5S2. The number of hydrogen-bond acceptors (Lipinski definition) is 6. The summed E-state index contributed by atoms with van der Waals surface area (Å²) in [5, 5.41) is 4.32. The van der Waals surface area contributed by atoms with Gasteiger partial charge in [-0.3, -0.25) is 9.59 Å². The largest absolute Gasteiger partial charge is 0.484 e. The van der Waals surface area contributed by atoms with Gasteiger partial charge in [0.2, 0.25) is 15.7 Å². The highest BCUT2D eigenvalue weighted by Crippen LogP contribution is 2.45. The molecule has 1 atom stereocenters. The fraction of sp³-hybridized carbons (Fsp3) is 0.143. The zero-order valence-electron chi connectivity index (χ0n) is 15.7. The minimum atomic E-state index is -3.76. The number of rotatable bonds is 6. The molecule has 1 aliphatic rings. The fourth-order valence-electron chi connectivity index (χ4n) is 3.35. The Morgan fingerprint density at radius 1 is 1.13 bits per heavy atom. The Hall–Kier alpha value is -3.17. The van der Waals surface area contributed by atoms with Crippen LogP contribution in [0, 0.1) is 0 Å². The zero-order valence-corrected chi connectivity index (χ0v) is 17.3. The Balaban J connectivity index is 1.69. The summed E-state index contributed by atoms with van der Waals surface area (Å²) in [5.41, 5.74) is 6.28. The van der Waals surface area contributed by atoms with Crippen molar-refractivity contribution < 1.29 is 22.7 Å². The Labute approximate surface area is 177 Å².